The Morgan fingerprint density at radius 2 is 1.68 bits per heavy atom. The number of rotatable bonds is 13. The number of phenols is 1. The molecule has 8 nitrogen and oxygen atoms in total. The number of aromatic hydroxyl groups is 1. The van der Waals surface area contributed by atoms with Gasteiger partial charge in [-0.25, -0.2) is 0 Å². The number of nitrogens with one attached hydrogen (secondary N) is 3. The highest BCUT2D eigenvalue weighted by molar-refractivity contribution is 5.32. The summed E-state index contributed by atoms with van der Waals surface area (Å²) >= 11 is 0. The molecule has 2 aliphatic rings. The van der Waals surface area contributed by atoms with E-state index in [4.69, 9.17) is 0 Å². The highest BCUT2D eigenvalue weighted by Crippen LogP contribution is 2.16. The largest absolute Gasteiger partial charge is 0.508 e. The van der Waals surface area contributed by atoms with Gasteiger partial charge < -0.3 is 15.5 Å². The Kier molecular flexibility index (Phi) is 10.6. The van der Waals surface area contributed by atoms with E-state index < -0.39 is 0 Å². The zero-order chi connectivity index (χ0) is 24.0. The molecular weight excluding hydrogens is 430 g/mol. The standard InChI is InChI=1S/C26H33N5O3/c32-25-13-7-5-10-22(25)16-28-19-31(20-29-17-23-11-6-8-14-26(23)33)18-27-15-21-9-3-1-2-4-12-24(21)30-34/h4-5,7,10-14,27-29,32-33H,2,6,8-9,15-20H2/b12-4-,24-21-. The molecule has 8 heteroatoms. The summed E-state index contributed by atoms with van der Waals surface area (Å²) in [5.41, 5.74) is 3.05. The van der Waals surface area contributed by atoms with E-state index >= 15 is 0 Å². The summed E-state index contributed by atoms with van der Waals surface area (Å²) in [5, 5.41) is 33.3. The topological polar surface area (TPSA) is 109 Å². The summed E-state index contributed by atoms with van der Waals surface area (Å²) in [5.74, 6) is 6.74. The lowest BCUT2D eigenvalue weighted by Gasteiger charge is -2.25. The van der Waals surface area contributed by atoms with E-state index in [1.165, 1.54) is 0 Å². The van der Waals surface area contributed by atoms with E-state index in [-0.39, 0.29) is 5.75 Å². The maximum absolute atomic E-state index is 11.2. The van der Waals surface area contributed by atoms with Crippen LogP contribution in [0.5, 0.6) is 5.75 Å². The summed E-state index contributed by atoms with van der Waals surface area (Å²) in [4.78, 5) is 13.4. The summed E-state index contributed by atoms with van der Waals surface area (Å²) in [6.07, 6.45) is 10.5. The minimum Gasteiger partial charge on any atom is -0.508 e. The third-order valence-corrected chi connectivity index (χ3v) is 5.57. The first-order chi connectivity index (χ1) is 16.7. The van der Waals surface area contributed by atoms with Gasteiger partial charge in [-0.3, -0.25) is 15.5 Å². The smallest absolute Gasteiger partial charge is 0.120 e. The molecule has 1 aromatic carbocycles. The zero-order valence-electron chi connectivity index (χ0n) is 19.4. The van der Waals surface area contributed by atoms with E-state index in [2.05, 4.69) is 43.9 Å². The van der Waals surface area contributed by atoms with Crippen molar-refractivity contribution in [1.29, 1.82) is 0 Å². The van der Waals surface area contributed by atoms with Crippen LogP contribution >= 0.6 is 0 Å². The summed E-state index contributed by atoms with van der Waals surface area (Å²) in [6, 6.07) is 7.26. The van der Waals surface area contributed by atoms with Gasteiger partial charge >= 0.3 is 0 Å². The van der Waals surface area contributed by atoms with E-state index in [1.54, 1.807) is 18.2 Å². The van der Waals surface area contributed by atoms with Crippen molar-refractivity contribution in [3.05, 3.63) is 81.6 Å². The molecule has 2 aliphatic carbocycles. The van der Waals surface area contributed by atoms with Crippen LogP contribution in [-0.2, 0) is 6.54 Å². The van der Waals surface area contributed by atoms with Crippen LogP contribution in [-0.4, -0.2) is 48.2 Å². The highest BCUT2D eigenvalue weighted by Gasteiger charge is 2.11. The highest BCUT2D eigenvalue weighted by atomic mass is 16.3. The number of phenolic OH excluding ortho intramolecular Hbond substituents is 1. The lowest BCUT2D eigenvalue weighted by molar-refractivity contribution is 0.220. The zero-order valence-corrected chi connectivity index (χ0v) is 19.4. The number of nitroso groups, excluding NO2 is 1. The minimum atomic E-state index is 0.267. The van der Waals surface area contributed by atoms with Gasteiger partial charge in [-0.2, -0.15) is 0 Å². The first-order valence-corrected chi connectivity index (χ1v) is 11.5. The molecule has 0 bridgehead atoms. The van der Waals surface area contributed by atoms with Crippen molar-refractivity contribution in [1.82, 2.24) is 20.9 Å². The Bertz CT molecular complexity index is 1020. The molecule has 3 rings (SSSR count). The molecule has 0 fully saturated rings. The van der Waals surface area contributed by atoms with Gasteiger partial charge in [-0.05, 0) is 41.8 Å². The molecule has 34 heavy (non-hydrogen) atoms. The lowest BCUT2D eigenvalue weighted by Crippen LogP contribution is -2.45. The second-order valence-electron chi connectivity index (χ2n) is 8.17. The Hall–Kier alpha value is -3.22. The third-order valence-electron chi connectivity index (χ3n) is 5.57. The quantitative estimate of drug-likeness (QED) is 0.173. The second-order valence-corrected chi connectivity index (χ2v) is 8.17. The fourth-order valence-corrected chi connectivity index (χ4v) is 3.69. The molecule has 180 valence electrons. The van der Waals surface area contributed by atoms with Gasteiger partial charge in [0.2, 0.25) is 0 Å². The number of aliphatic hydroxyl groups is 1. The molecule has 0 radical (unpaired) electrons. The van der Waals surface area contributed by atoms with E-state index in [9.17, 15) is 15.1 Å². The van der Waals surface area contributed by atoms with Crippen LogP contribution in [0.15, 0.2) is 76.3 Å². The van der Waals surface area contributed by atoms with Crippen LogP contribution in [0.25, 0.3) is 0 Å². The molecule has 5 N–H and O–H groups in total. The van der Waals surface area contributed by atoms with Crippen LogP contribution < -0.4 is 16.0 Å². The molecule has 0 atom stereocenters. The fraction of sp³-hybridized carbons (Fsp3) is 0.385. The van der Waals surface area contributed by atoms with Crippen molar-refractivity contribution in [3.63, 3.8) is 0 Å². The molecule has 0 unspecified atom stereocenters. The van der Waals surface area contributed by atoms with Crippen molar-refractivity contribution in [2.24, 2.45) is 5.18 Å². The lowest BCUT2D eigenvalue weighted by atomic mass is 10.1. The van der Waals surface area contributed by atoms with Gasteiger partial charge in [-0.1, -0.05) is 42.2 Å². The molecule has 0 heterocycles. The number of hydrogen-bond acceptors (Lipinski definition) is 8. The van der Waals surface area contributed by atoms with E-state index in [1.807, 2.05) is 24.3 Å². The van der Waals surface area contributed by atoms with Gasteiger partial charge in [0.25, 0.3) is 0 Å². The SMILES string of the molecule is O=NC1=C(\CNCN(CNCC2=CCCC=C2O)CNCc2ccccc2O)CC#CC/C=C\1. The molecule has 0 spiro atoms. The molecule has 0 aromatic heterocycles. The Balaban J connectivity index is 1.54. The average molecular weight is 464 g/mol. The molecule has 0 amide bonds. The second kappa shape index (κ2) is 14.1. The number of allylic oxidation sites excluding steroid dienone is 4. The van der Waals surface area contributed by atoms with E-state index in [0.29, 0.717) is 63.9 Å². The van der Waals surface area contributed by atoms with Crippen LogP contribution in [0, 0.1) is 16.7 Å². The summed E-state index contributed by atoms with van der Waals surface area (Å²) < 4.78 is 0. The first kappa shape index (κ1) is 25.4. The van der Waals surface area contributed by atoms with Crippen molar-refractivity contribution < 1.29 is 10.2 Å². The predicted molar refractivity (Wildman–Crippen MR) is 134 cm³/mol. The maximum atomic E-state index is 11.2. The third kappa shape index (κ3) is 8.28. The monoisotopic (exact) mass is 463 g/mol. The van der Waals surface area contributed by atoms with Crippen molar-refractivity contribution in [2.45, 2.75) is 32.2 Å². The normalized spacial score (nSPS) is 18.9. The Labute approximate surface area is 201 Å². The van der Waals surface area contributed by atoms with Crippen LogP contribution in [0.2, 0.25) is 0 Å². The fourth-order valence-electron chi connectivity index (χ4n) is 3.69. The van der Waals surface area contributed by atoms with Crippen LogP contribution in [0.4, 0.5) is 0 Å². The van der Waals surface area contributed by atoms with Gasteiger partial charge in [0.1, 0.15) is 17.2 Å². The number of nitrogens with zero attached hydrogens (tertiary/aromatic N) is 2. The predicted octanol–water partition coefficient (Wildman–Crippen LogP) is 3.37. The number of aliphatic hydroxyl groups excluding tert-OH is 1. The Morgan fingerprint density at radius 1 is 0.941 bits per heavy atom. The van der Waals surface area contributed by atoms with Crippen molar-refractivity contribution in [3.8, 4) is 17.6 Å². The minimum absolute atomic E-state index is 0.267. The van der Waals surface area contributed by atoms with Gasteiger partial charge in [0.05, 0.1) is 20.0 Å². The van der Waals surface area contributed by atoms with Crippen molar-refractivity contribution >= 4 is 0 Å². The van der Waals surface area contributed by atoms with Gasteiger partial charge in [0, 0.05) is 43.6 Å². The molecule has 0 aliphatic heterocycles. The number of benzene rings is 1. The van der Waals surface area contributed by atoms with Crippen LogP contribution in [0.3, 0.4) is 0 Å². The molecule has 1 aromatic rings. The van der Waals surface area contributed by atoms with Crippen LogP contribution in [0.1, 0.15) is 31.2 Å². The molecule has 0 saturated heterocycles. The average Bonchev–Trinajstić information content (AvgIpc) is 2.82. The Morgan fingerprint density at radius 3 is 2.44 bits per heavy atom. The van der Waals surface area contributed by atoms with Gasteiger partial charge in [-0.15, -0.1) is 4.91 Å². The van der Waals surface area contributed by atoms with E-state index in [0.717, 1.165) is 29.6 Å². The van der Waals surface area contributed by atoms with Crippen molar-refractivity contribution in [2.75, 3.05) is 33.1 Å². The summed E-state index contributed by atoms with van der Waals surface area (Å²) in [6.45, 7) is 3.29. The number of para-hydroxylation sites is 1. The van der Waals surface area contributed by atoms with Gasteiger partial charge in [0.15, 0.2) is 0 Å². The first-order valence-electron chi connectivity index (χ1n) is 11.5. The maximum Gasteiger partial charge on any atom is 0.120 e. The molecule has 0 saturated carbocycles. The summed E-state index contributed by atoms with van der Waals surface area (Å²) in [7, 11) is 0. The number of hydrogen-bond donors (Lipinski definition) is 5. The molecular formula is C26H33N5O3.